The lowest BCUT2D eigenvalue weighted by molar-refractivity contribution is -0.138. The fraction of sp³-hybridized carbons (Fsp3) is 0.300. The Morgan fingerprint density at radius 2 is 1.96 bits per heavy atom. The van der Waals surface area contributed by atoms with Crippen molar-refractivity contribution in [1.29, 1.82) is 0 Å². The summed E-state index contributed by atoms with van der Waals surface area (Å²) in [7, 11) is 0. The van der Waals surface area contributed by atoms with Gasteiger partial charge in [0.15, 0.2) is 5.65 Å². The molecular weight excluding hydrogens is 375 g/mol. The van der Waals surface area contributed by atoms with Crippen LogP contribution in [0.2, 0.25) is 5.02 Å². The molecule has 0 spiro atoms. The lowest BCUT2D eigenvalue weighted by Crippen LogP contribution is -2.33. The standard InChI is InChI=1S/C20H17ClF3N3/c21-16-10-14-9-15-12-27(8-6-18(15)26-19(14)25-11-16)7-5-13-3-1-2-4-17(13)20(22,23)24/h1-4,9-11H,5-8,12H2. The lowest BCUT2D eigenvalue weighted by atomic mass is 10.0. The fourth-order valence-electron chi connectivity index (χ4n) is 3.54. The van der Waals surface area contributed by atoms with Crippen molar-refractivity contribution in [2.75, 3.05) is 13.1 Å². The molecule has 3 aromatic rings. The van der Waals surface area contributed by atoms with Gasteiger partial charge in [0.05, 0.1) is 10.6 Å². The van der Waals surface area contributed by atoms with Crippen LogP contribution in [0, 0.1) is 0 Å². The second-order valence-corrected chi connectivity index (χ2v) is 7.16. The summed E-state index contributed by atoms with van der Waals surface area (Å²) in [6, 6.07) is 9.65. The van der Waals surface area contributed by atoms with E-state index in [1.54, 1.807) is 18.3 Å². The largest absolute Gasteiger partial charge is 0.416 e. The highest BCUT2D eigenvalue weighted by atomic mass is 35.5. The maximum Gasteiger partial charge on any atom is 0.416 e. The summed E-state index contributed by atoms with van der Waals surface area (Å²) in [6.07, 6.45) is -1.62. The molecule has 0 aliphatic carbocycles. The van der Waals surface area contributed by atoms with Crippen LogP contribution in [0.3, 0.4) is 0 Å². The van der Waals surface area contributed by atoms with Gasteiger partial charge in [0.2, 0.25) is 0 Å². The Balaban J connectivity index is 1.51. The van der Waals surface area contributed by atoms with Gasteiger partial charge in [-0.1, -0.05) is 29.8 Å². The molecule has 140 valence electrons. The van der Waals surface area contributed by atoms with Gasteiger partial charge in [-0.2, -0.15) is 13.2 Å². The number of hydrogen-bond acceptors (Lipinski definition) is 3. The number of halogens is 4. The van der Waals surface area contributed by atoms with Gasteiger partial charge in [-0.25, -0.2) is 9.97 Å². The predicted octanol–water partition coefficient (Wildman–Crippen LogP) is 4.90. The molecule has 3 heterocycles. The maximum atomic E-state index is 13.2. The highest BCUT2D eigenvalue weighted by Crippen LogP contribution is 2.32. The predicted molar refractivity (Wildman–Crippen MR) is 98.7 cm³/mol. The van der Waals surface area contributed by atoms with Gasteiger partial charge >= 0.3 is 6.18 Å². The van der Waals surface area contributed by atoms with Crippen LogP contribution in [0.5, 0.6) is 0 Å². The first-order valence-corrected chi connectivity index (χ1v) is 9.09. The molecule has 1 aliphatic rings. The second kappa shape index (κ2) is 7.09. The third kappa shape index (κ3) is 3.92. The number of pyridine rings is 2. The monoisotopic (exact) mass is 391 g/mol. The van der Waals surface area contributed by atoms with Crippen molar-refractivity contribution in [1.82, 2.24) is 14.9 Å². The Morgan fingerprint density at radius 3 is 2.78 bits per heavy atom. The van der Waals surface area contributed by atoms with Gasteiger partial charge in [-0.3, -0.25) is 4.90 Å². The number of hydrogen-bond donors (Lipinski definition) is 0. The Hall–Kier alpha value is -2.18. The molecule has 0 N–H and O–H groups in total. The van der Waals surface area contributed by atoms with Gasteiger partial charge in [-0.15, -0.1) is 0 Å². The number of benzene rings is 1. The van der Waals surface area contributed by atoms with Gasteiger partial charge in [0.1, 0.15) is 0 Å². The molecular formula is C20H17ClF3N3. The molecule has 0 unspecified atom stereocenters. The highest BCUT2D eigenvalue weighted by molar-refractivity contribution is 6.31. The molecule has 1 aliphatic heterocycles. The molecule has 0 bridgehead atoms. The summed E-state index contributed by atoms with van der Waals surface area (Å²) in [6.45, 7) is 2.00. The third-order valence-corrected chi connectivity index (χ3v) is 5.09. The average molecular weight is 392 g/mol. The van der Waals surface area contributed by atoms with Crippen molar-refractivity contribution in [3.8, 4) is 0 Å². The van der Waals surface area contributed by atoms with Crippen LogP contribution in [-0.2, 0) is 25.6 Å². The zero-order valence-corrected chi connectivity index (χ0v) is 15.2. The molecule has 0 saturated heterocycles. The van der Waals surface area contributed by atoms with E-state index in [1.807, 2.05) is 12.1 Å². The summed E-state index contributed by atoms with van der Waals surface area (Å²) >= 11 is 6.01. The van der Waals surface area contributed by atoms with E-state index in [9.17, 15) is 13.2 Å². The molecule has 0 radical (unpaired) electrons. The van der Waals surface area contributed by atoms with Crippen LogP contribution in [0.1, 0.15) is 22.4 Å². The molecule has 0 atom stereocenters. The first-order valence-electron chi connectivity index (χ1n) is 8.72. The minimum atomic E-state index is -4.32. The van der Waals surface area contributed by atoms with Gasteiger partial charge in [0.25, 0.3) is 0 Å². The summed E-state index contributed by atoms with van der Waals surface area (Å²) in [5.74, 6) is 0. The van der Waals surface area contributed by atoms with Gasteiger partial charge in [-0.05, 0) is 35.7 Å². The number of aromatic nitrogens is 2. The van der Waals surface area contributed by atoms with Crippen LogP contribution in [-0.4, -0.2) is 28.0 Å². The third-order valence-electron chi connectivity index (χ3n) is 4.88. The first kappa shape index (κ1) is 18.2. The quantitative estimate of drug-likeness (QED) is 0.635. The Labute approximate surface area is 159 Å². The van der Waals surface area contributed by atoms with E-state index >= 15 is 0 Å². The summed E-state index contributed by atoms with van der Waals surface area (Å²) in [5, 5.41) is 1.44. The number of alkyl halides is 3. The first-order chi connectivity index (χ1) is 12.9. The van der Waals surface area contributed by atoms with Crippen LogP contribution in [0.4, 0.5) is 13.2 Å². The van der Waals surface area contributed by atoms with Crippen LogP contribution < -0.4 is 0 Å². The van der Waals surface area contributed by atoms with E-state index in [0.717, 1.165) is 35.7 Å². The van der Waals surface area contributed by atoms with Crippen molar-refractivity contribution in [3.05, 3.63) is 70.0 Å². The molecule has 1 aromatic carbocycles. The molecule has 0 saturated carbocycles. The molecule has 0 amide bonds. The number of nitrogens with zero attached hydrogens (tertiary/aromatic N) is 3. The van der Waals surface area contributed by atoms with E-state index in [1.165, 1.54) is 6.07 Å². The Kier molecular flexibility index (Phi) is 4.78. The molecule has 2 aromatic heterocycles. The number of fused-ring (bicyclic) bond motifs is 2. The van der Waals surface area contributed by atoms with E-state index in [-0.39, 0.29) is 0 Å². The number of rotatable bonds is 3. The normalized spacial score (nSPS) is 15.1. The van der Waals surface area contributed by atoms with Crippen LogP contribution in [0.25, 0.3) is 11.0 Å². The van der Waals surface area contributed by atoms with Crippen molar-refractivity contribution in [2.24, 2.45) is 0 Å². The zero-order chi connectivity index (χ0) is 19.0. The van der Waals surface area contributed by atoms with Crippen molar-refractivity contribution in [3.63, 3.8) is 0 Å². The molecule has 7 heteroatoms. The topological polar surface area (TPSA) is 29.0 Å². The molecule has 0 fully saturated rings. The second-order valence-electron chi connectivity index (χ2n) is 6.73. The van der Waals surface area contributed by atoms with Gasteiger partial charge < -0.3 is 0 Å². The Morgan fingerprint density at radius 1 is 1.15 bits per heavy atom. The van der Waals surface area contributed by atoms with E-state index < -0.39 is 11.7 Å². The Bertz CT molecular complexity index is 988. The fourth-order valence-corrected chi connectivity index (χ4v) is 3.71. The minimum Gasteiger partial charge on any atom is -0.298 e. The summed E-state index contributed by atoms with van der Waals surface area (Å²) < 4.78 is 39.5. The van der Waals surface area contributed by atoms with E-state index in [0.29, 0.717) is 35.7 Å². The summed E-state index contributed by atoms with van der Waals surface area (Å²) in [4.78, 5) is 11.0. The lowest BCUT2D eigenvalue weighted by Gasteiger charge is -2.28. The average Bonchev–Trinajstić information content (AvgIpc) is 2.64. The molecule has 3 nitrogen and oxygen atoms in total. The molecule has 27 heavy (non-hydrogen) atoms. The maximum absolute atomic E-state index is 13.2. The minimum absolute atomic E-state index is 0.336. The van der Waals surface area contributed by atoms with Gasteiger partial charge in [0, 0.05) is 43.3 Å². The molecule has 4 rings (SSSR count). The van der Waals surface area contributed by atoms with Crippen molar-refractivity contribution >= 4 is 22.6 Å². The smallest absolute Gasteiger partial charge is 0.298 e. The van der Waals surface area contributed by atoms with Crippen LogP contribution >= 0.6 is 11.6 Å². The highest BCUT2D eigenvalue weighted by Gasteiger charge is 2.32. The van der Waals surface area contributed by atoms with Crippen LogP contribution in [0.15, 0.2) is 42.6 Å². The SMILES string of the molecule is FC(F)(F)c1ccccc1CCN1CCc2nc3ncc(Cl)cc3cc2C1. The zero-order valence-electron chi connectivity index (χ0n) is 14.4. The summed E-state index contributed by atoms with van der Waals surface area (Å²) in [5.41, 5.74) is 2.55. The van der Waals surface area contributed by atoms with Crippen molar-refractivity contribution < 1.29 is 13.2 Å². The van der Waals surface area contributed by atoms with E-state index in [4.69, 9.17) is 11.6 Å². The van der Waals surface area contributed by atoms with Crippen molar-refractivity contribution in [2.45, 2.75) is 25.6 Å². The van der Waals surface area contributed by atoms with E-state index in [2.05, 4.69) is 14.9 Å².